The number of urea groups is 1. The zero-order valence-electron chi connectivity index (χ0n) is 12.2. The van der Waals surface area contributed by atoms with Crippen LogP contribution < -0.4 is 4.90 Å². The summed E-state index contributed by atoms with van der Waals surface area (Å²) in [4.78, 5) is 25.9. The number of carboxylic acid groups (broad SMARTS) is 1. The van der Waals surface area contributed by atoms with Crippen molar-refractivity contribution in [3.8, 4) is 5.75 Å². The van der Waals surface area contributed by atoms with E-state index >= 15 is 0 Å². The van der Waals surface area contributed by atoms with Gasteiger partial charge in [0, 0.05) is 33.0 Å². The van der Waals surface area contributed by atoms with Crippen molar-refractivity contribution in [2.45, 2.75) is 6.42 Å². The van der Waals surface area contributed by atoms with E-state index < -0.39 is 18.5 Å². The number of benzene rings is 1. The van der Waals surface area contributed by atoms with Gasteiger partial charge in [0.2, 0.25) is 0 Å². The number of phenolic OH excluding ortho intramolecular Hbond substituents is 1. The van der Waals surface area contributed by atoms with Gasteiger partial charge in [-0.05, 0) is 30.7 Å². The number of aliphatic carboxylic acids is 1. The molecule has 2 N–H and O–H groups in total. The summed E-state index contributed by atoms with van der Waals surface area (Å²) in [5.74, 6) is -1.06. The number of anilines is 1. The van der Waals surface area contributed by atoms with Gasteiger partial charge in [-0.3, -0.25) is 9.69 Å². The lowest BCUT2D eigenvalue weighted by Gasteiger charge is -2.27. The number of phenols is 1. The Kier molecular flexibility index (Phi) is 6.48. The normalized spacial score (nSPS) is 10.2. The molecule has 1 aromatic rings. The summed E-state index contributed by atoms with van der Waals surface area (Å²) in [5.41, 5.74) is 0.416. The molecular weight excluding hydrogens is 276 g/mol. The second kappa shape index (κ2) is 8.11. The van der Waals surface area contributed by atoms with Gasteiger partial charge in [0.15, 0.2) is 0 Å². The number of nitrogens with zero attached hydrogens (tertiary/aromatic N) is 2. The highest BCUT2D eigenvalue weighted by atomic mass is 16.5. The Labute approximate surface area is 123 Å². The fourth-order valence-corrected chi connectivity index (χ4v) is 1.78. The molecule has 0 bridgehead atoms. The number of hydrogen-bond acceptors (Lipinski definition) is 4. The largest absolute Gasteiger partial charge is 0.508 e. The summed E-state index contributed by atoms with van der Waals surface area (Å²) >= 11 is 0. The fourth-order valence-electron chi connectivity index (χ4n) is 1.78. The highest BCUT2D eigenvalue weighted by Crippen LogP contribution is 2.19. The Bertz CT molecular complexity index is 475. The summed E-state index contributed by atoms with van der Waals surface area (Å²) in [7, 11) is 3.18. The molecule has 0 radical (unpaired) electrons. The number of carboxylic acids is 1. The molecule has 1 aromatic carbocycles. The molecule has 0 aliphatic rings. The first kappa shape index (κ1) is 16.8. The van der Waals surface area contributed by atoms with Crippen molar-refractivity contribution in [3.63, 3.8) is 0 Å². The zero-order chi connectivity index (χ0) is 15.8. The number of ether oxygens (including phenoxy) is 1. The molecule has 0 aromatic heterocycles. The Morgan fingerprint density at radius 3 is 2.38 bits per heavy atom. The topological polar surface area (TPSA) is 90.3 Å². The van der Waals surface area contributed by atoms with E-state index in [-0.39, 0.29) is 5.75 Å². The van der Waals surface area contributed by atoms with E-state index in [1.807, 2.05) is 0 Å². The predicted molar refractivity (Wildman–Crippen MR) is 77.6 cm³/mol. The van der Waals surface area contributed by atoms with Gasteiger partial charge in [-0.1, -0.05) is 0 Å². The Morgan fingerprint density at radius 1 is 1.24 bits per heavy atom. The molecule has 2 amide bonds. The highest BCUT2D eigenvalue weighted by molar-refractivity contribution is 5.96. The van der Waals surface area contributed by atoms with Crippen molar-refractivity contribution in [2.24, 2.45) is 0 Å². The van der Waals surface area contributed by atoms with Gasteiger partial charge in [0.1, 0.15) is 12.3 Å². The molecule has 116 valence electrons. The van der Waals surface area contributed by atoms with Crippen molar-refractivity contribution < 1.29 is 24.5 Å². The van der Waals surface area contributed by atoms with Gasteiger partial charge >= 0.3 is 12.0 Å². The van der Waals surface area contributed by atoms with Crippen LogP contribution in [0.15, 0.2) is 24.3 Å². The first-order valence-corrected chi connectivity index (χ1v) is 6.48. The third kappa shape index (κ3) is 5.31. The Hall–Kier alpha value is -2.28. The molecule has 0 aliphatic heterocycles. The summed E-state index contributed by atoms with van der Waals surface area (Å²) in [5, 5.41) is 18.2. The van der Waals surface area contributed by atoms with Crippen molar-refractivity contribution in [2.75, 3.05) is 38.8 Å². The molecule has 0 unspecified atom stereocenters. The highest BCUT2D eigenvalue weighted by Gasteiger charge is 2.22. The predicted octanol–water partition coefficient (Wildman–Crippen LogP) is 1.37. The van der Waals surface area contributed by atoms with Crippen LogP contribution in [0, 0.1) is 0 Å². The molecule has 7 nitrogen and oxygen atoms in total. The van der Waals surface area contributed by atoms with Gasteiger partial charge in [-0.2, -0.15) is 0 Å². The Morgan fingerprint density at radius 2 is 1.86 bits per heavy atom. The minimum absolute atomic E-state index is 0.0509. The minimum Gasteiger partial charge on any atom is -0.508 e. The van der Waals surface area contributed by atoms with E-state index in [0.29, 0.717) is 25.3 Å². The van der Waals surface area contributed by atoms with Crippen LogP contribution in [0.2, 0.25) is 0 Å². The van der Waals surface area contributed by atoms with Crippen molar-refractivity contribution in [3.05, 3.63) is 24.3 Å². The number of amides is 2. The molecule has 0 atom stereocenters. The number of methoxy groups -OCH3 is 1. The lowest BCUT2D eigenvalue weighted by molar-refractivity contribution is -0.135. The van der Waals surface area contributed by atoms with E-state index in [1.54, 1.807) is 14.2 Å². The van der Waals surface area contributed by atoms with E-state index in [2.05, 4.69) is 0 Å². The molecule has 7 heteroatoms. The van der Waals surface area contributed by atoms with Gasteiger partial charge < -0.3 is 19.8 Å². The molecule has 1 rings (SSSR count). The molecule has 21 heavy (non-hydrogen) atoms. The van der Waals surface area contributed by atoms with Crippen LogP contribution in [0.4, 0.5) is 10.5 Å². The van der Waals surface area contributed by atoms with Gasteiger partial charge in [0.05, 0.1) is 0 Å². The molecule has 0 saturated heterocycles. The number of rotatable bonds is 7. The van der Waals surface area contributed by atoms with Crippen LogP contribution in [0.5, 0.6) is 5.75 Å². The van der Waals surface area contributed by atoms with Crippen LogP contribution in [0.1, 0.15) is 6.42 Å². The third-order valence-electron chi connectivity index (χ3n) is 2.85. The SMILES string of the molecule is COCCCN(C)C(=O)N(CC(=O)O)c1ccc(O)cc1. The molecular formula is C14H20N2O5. The standard InChI is InChI=1S/C14H20N2O5/c1-15(8-3-9-21-2)14(20)16(10-13(18)19)11-4-6-12(17)7-5-11/h4-7,17H,3,8-10H2,1-2H3,(H,18,19). The second-order valence-electron chi connectivity index (χ2n) is 4.55. The lowest BCUT2D eigenvalue weighted by Crippen LogP contribution is -2.44. The maximum Gasteiger partial charge on any atom is 0.324 e. The summed E-state index contributed by atoms with van der Waals surface area (Å²) in [6.45, 7) is 0.537. The number of hydrogen-bond donors (Lipinski definition) is 2. The van der Waals surface area contributed by atoms with E-state index in [4.69, 9.17) is 9.84 Å². The molecule has 0 saturated carbocycles. The van der Waals surface area contributed by atoms with Crippen LogP contribution >= 0.6 is 0 Å². The first-order valence-electron chi connectivity index (χ1n) is 6.48. The molecule has 0 heterocycles. The van der Waals surface area contributed by atoms with Gasteiger partial charge in [-0.25, -0.2) is 4.79 Å². The monoisotopic (exact) mass is 296 g/mol. The maximum atomic E-state index is 12.3. The minimum atomic E-state index is -1.11. The molecule has 0 aliphatic carbocycles. The first-order chi connectivity index (χ1) is 9.95. The molecule has 0 fully saturated rings. The van der Waals surface area contributed by atoms with Crippen molar-refractivity contribution >= 4 is 17.7 Å². The average Bonchev–Trinajstić information content (AvgIpc) is 2.45. The third-order valence-corrected chi connectivity index (χ3v) is 2.85. The van der Waals surface area contributed by atoms with E-state index in [0.717, 1.165) is 4.90 Å². The van der Waals surface area contributed by atoms with Gasteiger partial charge in [-0.15, -0.1) is 0 Å². The number of aromatic hydroxyl groups is 1. The van der Waals surface area contributed by atoms with Crippen LogP contribution in [0.3, 0.4) is 0 Å². The van der Waals surface area contributed by atoms with E-state index in [1.165, 1.54) is 29.2 Å². The quantitative estimate of drug-likeness (QED) is 0.742. The van der Waals surface area contributed by atoms with Crippen LogP contribution in [-0.2, 0) is 9.53 Å². The Balaban J connectivity index is 2.83. The van der Waals surface area contributed by atoms with Gasteiger partial charge in [0.25, 0.3) is 0 Å². The van der Waals surface area contributed by atoms with Crippen molar-refractivity contribution in [1.82, 2.24) is 4.90 Å². The molecule has 0 spiro atoms. The summed E-state index contributed by atoms with van der Waals surface area (Å²) in [6.07, 6.45) is 0.662. The zero-order valence-corrected chi connectivity index (χ0v) is 12.2. The number of carbonyl (C=O) groups excluding carboxylic acids is 1. The lowest BCUT2D eigenvalue weighted by atomic mass is 10.2. The van der Waals surface area contributed by atoms with Crippen molar-refractivity contribution in [1.29, 1.82) is 0 Å². The van der Waals surface area contributed by atoms with Crippen LogP contribution in [-0.4, -0.2) is 61.0 Å². The smallest absolute Gasteiger partial charge is 0.324 e. The maximum absolute atomic E-state index is 12.3. The second-order valence-corrected chi connectivity index (χ2v) is 4.55. The van der Waals surface area contributed by atoms with Crippen LogP contribution in [0.25, 0.3) is 0 Å². The fraction of sp³-hybridized carbons (Fsp3) is 0.429. The summed E-state index contributed by atoms with van der Waals surface area (Å²) < 4.78 is 4.92. The van der Waals surface area contributed by atoms with E-state index in [9.17, 15) is 14.7 Å². The number of carbonyl (C=O) groups is 2. The average molecular weight is 296 g/mol. The summed E-state index contributed by atoms with van der Waals surface area (Å²) in [6, 6.07) is 5.39.